The Kier molecular flexibility index (Phi) is 3.76. The number of aryl methyl sites for hydroxylation is 2. The molecule has 0 saturated carbocycles. The molecule has 98 valence electrons. The topological polar surface area (TPSA) is 55.1 Å². The molecule has 2 aromatic carbocycles. The Morgan fingerprint density at radius 3 is 2.26 bits per heavy atom. The number of hydrogen-bond donors (Lipinski definition) is 2. The second kappa shape index (κ2) is 5.33. The second-order valence-electron chi connectivity index (χ2n) is 4.42. The van der Waals surface area contributed by atoms with Crippen LogP contribution in [0.5, 0.6) is 0 Å². The highest BCUT2D eigenvalue weighted by Crippen LogP contribution is 2.28. The third-order valence-electron chi connectivity index (χ3n) is 2.99. The SMILES string of the molecule is Cc1cccc(C)c1C(=O)Nc1c(N)cccc1Cl. The van der Waals surface area contributed by atoms with Gasteiger partial charge in [-0.15, -0.1) is 0 Å². The van der Waals surface area contributed by atoms with E-state index < -0.39 is 0 Å². The number of hydrogen-bond acceptors (Lipinski definition) is 2. The summed E-state index contributed by atoms with van der Waals surface area (Å²) in [6.45, 7) is 3.80. The number of halogens is 1. The molecule has 0 radical (unpaired) electrons. The molecule has 19 heavy (non-hydrogen) atoms. The van der Waals surface area contributed by atoms with Crippen LogP contribution in [-0.4, -0.2) is 5.91 Å². The van der Waals surface area contributed by atoms with E-state index in [2.05, 4.69) is 5.32 Å². The first-order chi connectivity index (χ1) is 9.00. The Morgan fingerprint density at radius 1 is 1.11 bits per heavy atom. The summed E-state index contributed by atoms with van der Waals surface area (Å²) in [5.74, 6) is -0.199. The van der Waals surface area contributed by atoms with Gasteiger partial charge in [-0.05, 0) is 37.1 Å². The van der Waals surface area contributed by atoms with Crippen molar-refractivity contribution in [2.45, 2.75) is 13.8 Å². The smallest absolute Gasteiger partial charge is 0.256 e. The average molecular weight is 275 g/mol. The third kappa shape index (κ3) is 2.71. The zero-order valence-corrected chi connectivity index (χ0v) is 11.6. The van der Waals surface area contributed by atoms with Crippen molar-refractivity contribution in [3.8, 4) is 0 Å². The maximum Gasteiger partial charge on any atom is 0.256 e. The first-order valence-corrected chi connectivity index (χ1v) is 6.30. The maximum absolute atomic E-state index is 12.3. The van der Waals surface area contributed by atoms with Crippen LogP contribution in [0.3, 0.4) is 0 Å². The molecule has 0 aliphatic carbocycles. The van der Waals surface area contributed by atoms with Gasteiger partial charge in [0.05, 0.1) is 16.4 Å². The highest BCUT2D eigenvalue weighted by molar-refractivity contribution is 6.34. The molecular formula is C15H15ClN2O. The molecule has 0 heterocycles. The summed E-state index contributed by atoms with van der Waals surface area (Å²) in [6.07, 6.45) is 0. The van der Waals surface area contributed by atoms with E-state index in [-0.39, 0.29) is 5.91 Å². The summed E-state index contributed by atoms with van der Waals surface area (Å²) in [6, 6.07) is 10.9. The molecule has 0 fully saturated rings. The highest BCUT2D eigenvalue weighted by Gasteiger charge is 2.14. The molecular weight excluding hydrogens is 260 g/mol. The predicted octanol–water partition coefficient (Wildman–Crippen LogP) is 3.79. The van der Waals surface area contributed by atoms with Gasteiger partial charge in [-0.3, -0.25) is 4.79 Å². The number of nitrogens with two attached hydrogens (primary N) is 1. The van der Waals surface area contributed by atoms with Crippen molar-refractivity contribution in [1.29, 1.82) is 0 Å². The van der Waals surface area contributed by atoms with Crippen LogP contribution in [0.2, 0.25) is 5.02 Å². The number of benzene rings is 2. The fraction of sp³-hybridized carbons (Fsp3) is 0.133. The number of nitrogens with one attached hydrogen (secondary N) is 1. The lowest BCUT2D eigenvalue weighted by molar-refractivity contribution is 0.102. The van der Waals surface area contributed by atoms with Crippen molar-refractivity contribution >= 4 is 28.9 Å². The van der Waals surface area contributed by atoms with Crippen LogP contribution in [0, 0.1) is 13.8 Å². The molecule has 3 nitrogen and oxygen atoms in total. The van der Waals surface area contributed by atoms with Gasteiger partial charge in [-0.2, -0.15) is 0 Å². The summed E-state index contributed by atoms with van der Waals surface area (Å²) in [4.78, 5) is 12.3. The Balaban J connectivity index is 2.37. The molecule has 3 N–H and O–H groups in total. The molecule has 0 saturated heterocycles. The Morgan fingerprint density at radius 2 is 1.68 bits per heavy atom. The van der Waals surface area contributed by atoms with E-state index in [1.54, 1.807) is 18.2 Å². The van der Waals surface area contributed by atoms with Gasteiger partial charge >= 0.3 is 0 Å². The van der Waals surface area contributed by atoms with Crippen molar-refractivity contribution < 1.29 is 4.79 Å². The number of rotatable bonds is 2. The van der Waals surface area contributed by atoms with Crippen LogP contribution in [0.25, 0.3) is 0 Å². The van der Waals surface area contributed by atoms with Crippen molar-refractivity contribution in [3.05, 3.63) is 58.1 Å². The molecule has 0 aliphatic rings. The van der Waals surface area contributed by atoms with Crippen molar-refractivity contribution in [2.75, 3.05) is 11.1 Å². The number of amides is 1. The summed E-state index contributed by atoms with van der Waals surface area (Å²) in [5.41, 5.74) is 9.22. The highest BCUT2D eigenvalue weighted by atomic mass is 35.5. The average Bonchev–Trinajstić information content (AvgIpc) is 2.34. The van der Waals surface area contributed by atoms with E-state index in [0.29, 0.717) is 22.0 Å². The predicted molar refractivity (Wildman–Crippen MR) is 79.7 cm³/mol. The number of carbonyl (C=O) groups is 1. The summed E-state index contributed by atoms with van der Waals surface area (Å²) in [5, 5.41) is 3.21. The Hall–Kier alpha value is -2.00. The molecule has 1 amide bonds. The van der Waals surface area contributed by atoms with Crippen molar-refractivity contribution in [3.63, 3.8) is 0 Å². The first kappa shape index (κ1) is 13.4. The molecule has 0 spiro atoms. The van der Waals surface area contributed by atoms with E-state index >= 15 is 0 Å². The number of anilines is 2. The molecule has 2 rings (SSSR count). The van der Waals surface area contributed by atoms with Gasteiger partial charge in [-0.25, -0.2) is 0 Å². The van der Waals surface area contributed by atoms with E-state index in [4.69, 9.17) is 17.3 Å². The van der Waals surface area contributed by atoms with Gasteiger partial charge in [0.25, 0.3) is 5.91 Å². The van der Waals surface area contributed by atoms with Crippen LogP contribution in [-0.2, 0) is 0 Å². The van der Waals surface area contributed by atoms with Gasteiger partial charge in [0.2, 0.25) is 0 Å². The van der Waals surface area contributed by atoms with Crippen LogP contribution < -0.4 is 11.1 Å². The standard InChI is InChI=1S/C15H15ClN2O/c1-9-5-3-6-10(2)13(9)15(19)18-14-11(16)7-4-8-12(14)17/h3-8H,17H2,1-2H3,(H,18,19). The van der Waals surface area contributed by atoms with Crippen LogP contribution >= 0.6 is 11.6 Å². The van der Waals surface area contributed by atoms with Crippen molar-refractivity contribution in [1.82, 2.24) is 0 Å². The van der Waals surface area contributed by atoms with Gasteiger partial charge in [0.1, 0.15) is 0 Å². The first-order valence-electron chi connectivity index (χ1n) is 5.92. The third-order valence-corrected chi connectivity index (χ3v) is 3.31. The minimum absolute atomic E-state index is 0.199. The second-order valence-corrected chi connectivity index (χ2v) is 4.83. The lowest BCUT2D eigenvalue weighted by Crippen LogP contribution is -2.16. The summed E-state index contributed by atoms with van der Waals surface area (Å²) in [7, 11) is 0. The number of carbonyl (C=O) groups excluding carboxylic acids is 1. The minimum Gasteiger partial charge on any atom is -0.397 e. The minimum atomic E-state index is -0.199. The Bertz CT molecular complexity index is 598. The number of para-hydroxylation sites is 1. The van der Waals surface area contributed by atoms with Crippen LogP contribution in [0.4, 0.5) is 11.4 Å². The molecule has 0 aromatic heterocycles. The monoisotopic (exact) mass is 274 g/mol. The quantitative estimate of drug-likeness (QED) is 0.819. The van der Waals surface area contributed by atoms with E-state index in [9.17, 15) is 4.79 Å². The van der Waals surface area contributed by atoms with E-state index in [1.807, 2.05) is 32.0 Å². The normalized spacial score (nSPS) is 10.3. The summed E-state index contributed by atoms with van der Waals surface area (Å²) >= 11 is 6.05. The lowest BCUT2D eigenvalue weighted by atomic mass is 10.0. The van der Waals surface area contributed by atoms with Gasteiger partial charge in [0.15, 0.2) is 0 Å². The van der Waals surface area contributed by atoms with Crippen molar-refractivity contribution in [2.24, 2.45) is 0 Å². The Labute approximate surface area is 117 Å². The molecule has 0 unspecified atom stereocenters. The van der Waals surface area contributed by atoms with Gasteiger partial charge in [-0.1, -0.05) is 35.9 Å². The largest absolute Gasteiger partial charge is 0.397 e. The fourth-order valence-electron chi connectivity index (χ4n) is 2.02. The lowest BCUT2D eigenvalue weighted by Gasteiger charge is -2.13. The van der Waals surface area contributed by atoms with Gasteiger partial charge < -0.3 is 11.1 Å². The molecule has 2 aromatic rings. The molecule has 4 heteroatoms. The maximum atomic E-state index is 12.3. The molecule has 0 bridgehead atoms. The molecule has 0 aliphatic heterocycles. The van der Waals surface area contributed by atoms with Gasteiger partial charge in [0, 0.05) is 5.56 Å². The van der Waals surface area contributed by atoms with E-state index in [1.165, 1.54) is 0 Å². The zero-order valence-electron chi connectivity index (χ0n) is 10.8. The van der Waals surface area contributed by atoms with Crippen LogP contribution in [0.1, 0.15) is 21.5 Å². The molecule has 0 atom stereocenters. The zero-order chi connectivity index (χ0) is 14.0. The number of nitrogen functional groups attached to an aromatic ring is 1. The fourth-order valence-corrected chi connectivity index (χ4v) is 2.25. The van der Waals surface area contributed by atoms with E-state index in [0.717, 1.165) is 11.1 Å². The summed E-state index contributed by atoms with van der Waals surface area (Å²) < 4.78 is 0. The van der Waals surface area contributed by atoms with Crippen LogP contribution in [0.15, 0.2) is 36.4 Å².